The molecule has 5 heteroatoms. The van der Waals surface area contributed by atoms with Gasteiger partial charge in [-0.25, -0.2) is 0 Å². The van der Waals surface area contributed by atoms with E-state index in [0.29, 0.717) is 25.6 Å². The minimum atomic E-state index is 0.0455. The van der Waals surface area contributed by atoms with Crippen LogP contribution < -0.4 is 11.1 Å². The summed E-state index contributed by atoms with van der Waals surface area (Å²) < 4.78 is 5.55. The van der Waals surface area contributed by atoms with Crippen molar-refractivity contribution >= 4 is 5.91 Å². The summed E-state index contributed by atoms with van der Waals surface area (Å²) in [5, 5.41) is 3.00. The smallest absolute Gasteiger partial charge is 0.221 e. The summed E-state index contributed by atoms with van der Waals surface area (Å²) in [5.41, 5.74) is 5.77. The third-order valence-corrected chi connectivity index (χ3v) is 3.46. The molecule has 1 fully saturated rings. The van der Waals surface area contributed by atoms with Crippen molar-refractivity contribution < 1.29 is 9.21 Å². The Kier molecular flexibility index (Phi) is 4.61. The molecule has 5 nitrogen and oxygen atoms in total. The van der Waals surface area contributed by atoms with Crippen LogP contribution in [0.5, 0.6) is 0 Å². The monoisotopic (exact) mass is 265 g/mol. The lowest BCUT2D eigenvalue weighted by Crippen LogP contribution is -2.41. The van der Waals surface area contributed by atoms with E-state index in [2.05, 4.69) is 10.2 Å². The van der Waals surface area contributed by atoms with E-state index in [1.54, 1.807) is 0 Å². The first-order valence-electron chi connectivity index (χ1n) is 6.83. The molecule has 19 heavy (non-hydrogen) atoms. The van der Waals surface area contributed by atoms with Crippen LogP contribution in [0.3, 0.4) is 0 Å². The quantitative estimate of drug-likeness (QED) is 0.772. The van der Waals surface area contributed by atoms with E-state index >= 15 is 0 Å². The molecule has 1 atom stereocenters. The summed E-state index contributed by atoms with van der Waals surface area (Å²) in [6.45, 7) is 3.06. The molecule has 1 aliphatic rings. The summed E-state index contributed by atoms with van der Waals surface area (Å²) in [5.74, 6) is 1.90. The third kappa shape index (κ3) is 4.36. The summed E-state index contributed by atoms with van der Waals surface area (Å²) in [7, 11) is 1.97. The average molecular weight is 265 g/mol. The van der Waals surface area contributed by atoms with Crippen LogP contribution in [0.4, 0.5) is 0 Å². The van der Waals surface area contributed by atoms with Gasteiger partial charge in [-0.05, 0) is 38.9 Å². The number of rotatable bonds is 7. The zero-order valence-electron chi connectivity index (χ0n) is 11.7. The van der Waals surface area contributed by atoms with Gasteiger partial charge in [0.1, 0.15) is 11.5 Å². The normalized spacial score (nSPS) is 16.6. The number of furan rings is 1. The van der Waals surface area contributed by atoms with Gasteiger partial charge in [0.15, 0.2) is 0 Å². The van der Waals surface area contributed by atoms with Gasteiger partial charge in [-0.2, -0.15) is 0 Å². The molecule has 0 aromatic carbocycles. The maximum absolute atomic E-state index is 11.8. The Morgan fingerprint density at radius 1 is 1.58 bits per heavy atom. The van der Waals surface area contributed by atoms with Crippen molar-refractivity contribution in [1.82, 2.24) is 10.2 Å². The van der Waals surface area contributed by atoms with E-state index in [9.17, 15) is 4.79 Å². The van der Waals surface area contributed by atoms with Crippen molar-refractivity contribution in [1.29, 1.82) is 0 Å². The average Bonchev–Trinajstić information content (AvgIpc) is 3.08. The molecule has 1 heterocycles. The van der Waals surface area contributed by atoms with Crippen molar-refractivity contribution in [3.8, 4) is 0 Å². The molecule has 1 aromatic heterocycles. The number of likely N-dealkylation sites (N-methyl/N-ethyl adjacent to an activating group) is 1. The standard InChI is InChI=1S/C14H23N3O2/c1-10-3-6-13(19-10)9-17(2)12(8-15)7-14(18)16-11-4-5-11/h3,6,11-12H,4-5,7-9,15H2,1-2H3,(H,16,18). The van der Waals surface area contributed by atoms with Gasteiger partial charge in [0.05, 0.1) is 6.54 Å². The lowest BCUT2D eigenvalue weighted by molar-refractivity contribution is -0.122. The minimum absolute atomic E-state index is 0.0455. The summed E-state index contributed by atoms with van der Waals surface area (Å²) in [6.07, 6.45) is 2.67. The van der Waals surface area contributed by atoms with Gasteiger partial charge >= 0.3 is 0 Å². The lowest BCUT2D eigenvalue weighted by Gasteiger charge is -2.25. The third-order valence-electron chi connectivity index (χ3n) is 3.46. The predicted molar refractivity (Wildman–Crippen MR) is 73.5 cm³/mol. The topological polar surface area (TPSA) is 71.5 Å². The van der Waals surface area contributed by atoms with Gasteiger partial charge < -0.3 is 15.5 Å². The number of nitrogens with two attached hydrogens (primary N) is 1. The molecule has 1 aliphatic carbocycles. The van der Waals surface area contributed by atoms with Crippen LogP contribution in [0, 0.1) is 6.92 Å². The number of hydrogen-bond acceptors (Lipinski definition) is 4. The van der Waals surface area contributed by atoms with Crippen LogP contribution in [0.1, 0.15) is 30.8 Å². The van der Waals surface area contributed by atoms with Gasteiger partial charge in [0.25, 0.3) is 0 Å². The summed E-state index contributed by atoms with van der Waals surface area (Å²) >= 11 is 0. The Balaban J connectivity index is 1.83. The number of hydrogen-bond donors (Lipinski definition) is 2. The second-order valence-corrected chi connectivity index (χ2v) is 5.36. The second-order valence-electron chi connectivity index (χ2n) is 5.36. The molecule has 1 saturated carbocycles. The molecule has 1 aromatic rings. The molecule has 0 spiro atoms. The second kappa shape index (κ2) is 6.21. The highest BCUT2D eigenvalue weighted by Crippen LogP contribution is 2.19. The Labute approximate surface area is 114 Å². The highest BCUT2D eigenvalue weighted by Gasteiger charge is 2.25. The molecule has 1 unspecified atom stereocenters. The van der Waals surface area contributed by atoms with Crippen molar-refractivity contribution in [2.75, 3.05) is 13.6 Å². The summed E-state index contributed by atoms with van der Waals surface area (Å²) in [6, 6.07) is 4.36. The number of carbonyl (C=O) groups excluding carboxylic acids is 1. The van der Waals surface area contributed by atoms with Crippen LogP contribution in [-0.2, 0) is 11.3 Å². The molecule has 1 amide bonds. The molecule has 0 aliphatic heterocycles. The molecular weight excluding hydrogens is 242 g/mol. The molecule has 0 bridgehead atoms. The van der Waals surface area contributed by atoms with E-state index in [-0.39, 0.29) is 11.9 Å². The Morgan fingerprint density at radius 2 is 2.32 bits per heavy atom. The van der Waals surface area contributed by atoms with Crippen LogP contribution in [-0.4, -0.2) is 36.5 Å². The Hall–Kier alpha value is -1.33. The highest BCUT2D eigenvalue weighted by atomic mass is 16.3. The molecule has 2 rings (SSSR count). The van der Waals surface area contributed by atoms with E-state index in [1.165, 1.54) is 0 Å². The first-order chi connectivity index (χ1) is 9.08. The minimum Gasteiger partial charge on any atom is -0.465 e. The molecule has 106 valence electrons. The fourth-order valence-electron chi connectivity index (χ4n) is 2.09. The first kappa shape index (κ1) is 14.1. The van der Waals surface area contributed by atoms with Gasteiger partial charge in [-0.3, -0.25) is 9.69 Å². The predicted octanol–water partition coefficient (Wildman–Crippen LogP) is 1.02. The fraction of sp³-hybridized carbons (Fsp3) is 0.643. The zero-order valence-corrected chi connectivity index (χ0v) is 11.7. The van der Waals surface area contributed by atoms with Crippen LogP contribution >= 0.6 is 0 Å². The maximum atomic E-state index is 11.8. The van der Waals surface area contributed by atoms with Crippen molar-refractivity contribution in [2.45, 2.75) is 44.8 Å². The van der Waals surface area contributed by atoms with E-state index < -0.39 is 0 Å². The molecule has 3 N–H and O–H groups in total. The SMILES string of the molecule is Cc1ccc(CN(C)C(CN)CC(=O)NC2CC2)o1. The van der Waals surface area contributed by atoms with E-state index in [1.807, 2.05) is 26.1 Å². The number of nitrogens with zero attached hydrogens (tertiary/aromatic N) is 1. The lowest BCUT2D eigenvalue weighted by atomic mass is 10.1. The molecule has 0 radical (unpaired) electrons. The van der Waals surface area contributed by atoms with Crippen molar-refractivity contribution in [3.63, 3.8) is 0 Å². The molecular formula is C14H23N3O2. The maximum Gasteiger partial charge on any atom is 0.221 e. The van der Waals surface area contributed by atoms with Crippen LogP contribution in [0.25, 0.3) is 0 Å². The number of nitrogens with one attached hydrogen (secondary N) is 1. The van der Waals surface area contributed by atoms with E-state index in [0.717, 1.165) is 24.4 Å². The van der Waals surface area contributed by atoms with Crippen LogP contribution in [0.2, 0.25) is 0 Å². The van der Waals surface area contributed by atoms with Crippen LogP contribution in [0.15, 0.2) is 16.5 Å². The largest absolute Gasteiger partial charge is 0.465 e. The van der Waals surface area contributed by atoms with Crippen molar-refractivity contribution in [2.24, 2.45) is 5.73 Å². The van der Waals surface area contributed by atoms with Gasteiger partial charge in [-0.1, -0.05) is 0 Å². The van der Waals surface area contributed by atoms with E-state index in [4.69, 9.17) is 10.2 Å². The number of aryl methyl sites for hydroxylation is 1. The summed E-state index contributed by atoms with van der Waals surface area (Å²) in [4.78, 5) is 13.9. The molecule has 0 saturated heterocycles. The number of carbonyl (C=O) groups is 1. The highest BCUT2D eigenvalue weighted by molar-refractivity contribution is 5.77. The number of amides is 1. The Bertz CT molecular complexity index is 426. The fourth-order valence-corrected chi connectivity index (χ4v) is 2.09. The zero-order chi connectivity index (χ0) is 13.8. The first-order valence-corrected chi connectivity index (χ1v) is 6.83. The van der Waals surface area contributed by atoms with Gasteiger partial charge in [0.2, 0.25) is 5.91 Å². The van der Waals surface area contributed by atoms with Gasteiger partial charge in [-0.15, -0.1) is 0 Å². The Morgan fingerprint density at radius 3 is 2.84 bits per heavy atom. The van der Waals surface area contributed by atoms with Gasteiger partial charge in [0, 0.05) is 25.0 Å². The van der Waals surface area contributed by atoms with Crippen molar-refractivity contribution in [3.05, 3.63) is 23.7 Å².